The van der Waals surface area contributed by atoms with Crippen LogP contribution in [0, 0.1) is 12.3 Å². The van der Waals surface area contributed by atoms with Crippen LogP contribution in [0.4, 0.5) is 0 Å². The van der Waals surface area contributed by atoms with Crippen molar-refractivity contribution in [2.24, 2.45) is 0 Å². The lowest BCUT2D eigenvalue weighted by atomic mass is 10.0. The Morgan fingerprint density at radius 1 is 1.11 bits per heavy atom. The molecule has 2 fully saturated rings. The summed E-state index contributed by atoms with van der Waals surface area (Å²) in [5, 5.41) is 3.62. The van der Waals surface area contributed by atoms with E-state index in [1.54, 1.807) is 0 Å². The van der Waals surface area contributed by atoms with Crippen molar-refractivity contribution in [2.75, 3.05) is 31.1 Å². The summed E-state index contributed by atoms with van der Waals surface area (Å²) >= 11 is 0. The highest BCUT2D eigenvalue weighted by atomic mass is 32.2. The molecule has 2 aliphatic heterocycles. The summed E-state index contributed by atoms with van der Waals surface area (Å²) in [5.41, 5.74) is 0. The molecule has 0 unspecified atom stereocenters. The van der Waals surface area contributed by atoms with E-state index < -0.39 is 9.84 Å². The van der Waals surface area contributed by atoms with Crippen molar-refractivity contribution < 1.29 is 8.42 Å². The Morgan fingerprint density at radius 2 is 1.67 bits per heavy atom. The number of nitrogens with zero attached hydrogens (tertiary/aromatic N) is 1. The number of hydrogen-bond donors (Lipinski definition) is 1. The standard InChI is InChI=1S/C13H22N2O2S/c1-2-7-15-8-3-12(4-9-15)14-13-5-10-18(16,17)11-6-13/h1,12-14H,3-11H2. The number of rotatable bonds is 3. The highest BCUT2D eigenvalue weighted by Crippen LogP contribution is 2.16. The largest absolute Gasteiger partial charge is 0.311 e. The molecule has 2 saturated heterocycles. The Balaban J connectivity index is 1.71. The minimum absolute atomic E-state index is 0.348. The van der Waals surface area contributed by atoms with Crippen LogP contribution in [0.1, 0.15) is 25.7 Å². The van der Waals surface area contributed by atoms with Crippen molar-refractivity contribution in [3.8, 4) is 12.3 Å². The molecule has 0 bridgehead atoms. The van der Waals surface area contributed by atoms with Crippen LogP contribution in [-0.4, -0.2) is 56.5 Å². The highest BCUT2D eigenvalue weighted by Gasteiger charge is 2.26. The zero-order valence-corrected chi connectivity index (χ0v) is 11.6. The van der Waals surface area contributed by atoms with Gasteiger partial charge in [0, 0.05) is 25.2 Å². The summed E-state index contributed by atoms with van der Waals surface area (Å²) in [7, 11) is -2.74. The average Bonchev–Trinajstić information content (AvgIpc) is 2.35. The molecule has 18 heavy (non-hydrogen) atoms. The van der Waals surface area contributed by atoms with Crippen molar-refractivity contribution in [3.05, 3.63) is 0 Å². The fourth-order valence-corrected chi connectivity index (χ4v) is 4.27. The van der Waals surface area contributed by atoms with Gasteiger partial charge in [-0.3, -0.25) is 4.90 Å². The van der Waals surface area contributed by atoms with Crippen LogP contribution in [-0.2, 0) is 9.84 Å². The number of nitrogens with one attached hydrogen (secondary N) is 1. The fourth-order valence-electron chi connectivity index (χ4n) is 2.78. The maximum atomic E-state index is 11.4. The van der Waals surface area contributed by atoms with Crippen LogP contribution < -0.4 is 5.32 Å². The topological polar surface area (TPSA) is 49.4 Å². The van der Waals surface area contributed by atoms with E-state index in [4.69, 9.17) is 6.42 Å². The Kier molecular flexibility index (Phi) is 4.66. The van der Waals surface area contributed by atoms with Gasteiger partial charge in [0.1, 0.15) is 9.84 Å². The summed E-state index contributed by atoms with van der Waals surface area (Å²) in [6, 6.07) is 0.919. The van der Waals surface area contributed by atoms with Crippen LogP contribution in [0.15, 0.2) is 0 Å². The lowest BCUT2D eigenvalue weighted by Gasteiger charge is -2.34. The van der Waals surface area contributed by atoms with Gasteiger partial charge in [0.05, 0.1) is 18.1 Å². The molecule has 0 radical (unpaired) electrons. The molecule has 0 aromatic rings. The minimum atomic E-state index is -2.74. The summed E-state index contributed by atoms with van der Waals surface area (Å²) < 4.78 is 22.7. The molecule has 0 amide bonds. The van der Waals surface area contributed by atoms with Gasteiger partial charge in [-0.25, -0.2) is 8.42 Å². The number of piperidine rings is 1. The smallest absolute Gasteiger partial charge is 0.150 e. The van der Waals surface area contributed by atoms with Gasteiger partial charge >= 0.3 is 0 Å². The first-order valence-electron chi connectivity index (χ1n) is 6.71. The third kappa shape index (κ3) is 3.98. The number of likely N-dealkylation sites (tertiary alicyclic amines) is 1. The summed E-state index contributed by atoms with van der Waals surface area (Å²) in [6.07, 6.45) is 9.08. The minimum Gasteiger partial charge on any atom is -0.311 e. The van der Waals surface area contributed by atoms with Crippen LogP contribution in [0.3, 0.4) is 0 Å². The molecular formula is C13H22N2O2S. The molecule has 0 saturated carbocycles. The van der Waals surface area contributed by atoms with Gasteiger partial charge in [-0.2, -0.15) is 0 Å². The summed E-state index contributed by atoms with van der Waals surface area (Å²) in [5.74, 6) is 3.38. The molecule has 0 atom stereocenters. The number of terminal acetylenes is 1. The first-order valence-corrected chi connectivity index (χ1v) is 8.53. The van der Waals surface area contributed by atoms with Crippen molar-refractivity contribution in [3.63, 3.8) is 0 Å². The van der Waals surface area contributed by atoms with E-state index in [0.29, 0.717) is 23.6 Å². The zero-order chi connectivity index (χ0) is 13.0. The van der Waals surface area contributed by atoms with E-state index in [9.17, 15) is 8.42 Å². The van der Waals surface area contributed by atoms with Crippen molar-refractivity contribution in [2.45, 2.75) is 37.8 Å². The van der Waals surface area contributed by atoms with Crippen molar-refractivity contribution in [1.82, 2.24) is 10.2 Å². The SMILES string of the molecule is C#CCN1CCC(NC2CCS(=O)(=O)CC2)CC1. The molecule has 0 aromatic carbocycles. The third-order valence-corrected chi connectivity index (χ3v) is 5.64. The van der Waals surface area contributed by atoms with Crippen LogP contribution in [0.2, 0.25) is 0 Å². The molecule has 102 valence electrons. The van der Waals surface area contributed by atoms with Gasteiger partial charge in [-0.15, -0.1) is 6.42 Å². The van der Waals surface area contributed by atoms with Crippen LogP contribution in [0.5, 0.6) is 0 Å². The summed E-state index contributed by atoms with van der Waals surface area (Å²) in [6.45, 7) is 2.84. The lowest BCUT2D eigenvalue weighted by molar-refractivity contribution is 0.207. The van der Waals surface area contributed by atoms with Crippen molar-refractivity contribution in [1.29, 1.82) is 0 Å². The van der Waals surface area contributed by atoms with Gasteiger partial charge < -0.3 is 5.32 Å². The van der Waals surface area contributed by atoms with Gasteiger partial charge in [-0.1, -0.05) is 5.92 Å². The Morgan fingerprint density at radius 3 is 2.22 bits per heavy atom. The van der Waals surface area contributed by atoms with Crippen LogP contribution >= 0.6 is 0 Å². The molecule has 0 spiro atoms. The molecule has 5 heteroatoms. The van der Waals surface area contributed by atoms with Crippen LogP contribution in [0.25, 0.3) is 0 Å². The third-order valence-electron chi connectivity index (χ3n) is 3.93. The van der Waals surface area contributed by atoms with E-state index in [1.807, 2.05) is 0 Å². The highest BCUT2D eigenvalue weighted by molar-refractivity contribution is 7.91. The second-order valence-corrected chi connectivity index (χ2v) is 7.65. The number of hydrogen-bond acceptors (Lipinski definition) is 4. The van der Waals surface area contributed by atoms with E-state index >= 15 is 0 Å². The molecule has 0 aliphatic carbocycles. The predicted octanol–water partition coefficient (Wildman–Crippen LogP) is 0.251. The molecule has 2 rings (SSSR count). The van der Waals surface area contributed by atoms with Gasteiger partial charge in [-0.05, 0) is 25.7 Å². The first-order chi connectivity index (χ1) is 8.59. The van der Waals surface area contributed by atoms with Gasteiger partial charge in [0.15, 0.2) is 0 Å². The maximum Gasteiger partial charge on any atom is 0.150 e. The Hall–Kier alpha value is -0.570. The molecular weight excluding hydrogens is 248 g/mol. The first kappa shape index (κ1) is 13.9. The lowest BCUT2D eigenvalue weighted by Crippen LogP contribution is -2.48. The second kappa shape index (κ2) is 6.05. The summed E-state index contributed by atoms with van der Waals surface area (Å²) in [4.78, 5) is 2.30. The predicted molar refractivity (Wildman–Crippen MR) is 73.1 cm³/mol. The fraction of sp³-hybridized carbons (Fsp3) is 0.846. The molecule has 1 N–H and O–H groups in total. The average molecular weight is 270 g/mol. The van der Waals surface area contributed by atoms with Gasteiger partial charge in [0.25, 0.3) is 0 Å². The maximum absolute atomic E-state index is 11.4. The van der Waals surface area contributed by atoms with E-state index in [1.165, 1.54) is 0 Å². The Labute approximate surface area is 110 Å². The molecule has 0 aromatic heterocycles. The molecule has 4 nitrogen and oxygen atoms in total. The zero-order valence-electron chi connectivity index (χ0n) is 10.8. The quantitative estimate of drug-likeness (QED) is 0.747. The normalized spacial score (nSPS) is 26.8. The number of sulfone groups is 1. The second-order valence-electron chi connectivity index (χ2n) is 5.35. The van der Waals surface area contributed by atoms with E-state index in [-0.39, 0.29) is 0 Å². The molecule has 2 aliphatic rings. The van der Waals surface area contributed by atoms with Gasteiger partial charge in [0.2, 0.25) is 0 Å². The molecule has 2 heterocycles. The van der Waals surface area contributed by atoms with E-state index in [0.717, 1.165) is 45.3 Å². The Bertz CT molecular complexity index is 391. The van der Waals surface area contributed by atoms with Crippen molar-refractivity contribution >= 4 is 9.84 Å². The monoisotopic (exact) mass is 270 g/mol. The van der Waals surface area contributed by atoms with E-state index in [2.05, 4.69) is 16.1 Å².